The Morgan fingerprint density at radius 3 is 2.71 bits per heavy atom. The van der Waals surface area contributed by atoms with E-state index in [9.17, 15) is 0 Å². The highest BCUT2D eigenvalue weighted by Crippen LogP contribution is 2.28. The quantitative estimate of drug-likeness (QED) is 0.852. The number of thiophene rings is 1. The second kappa shape index (κ2) is 5.71. The fourth-order valence-electron chi connectivity index (χ4n) is 1.81. The van der Waals surface area contributed by atoms with E-state index in [0.717, 1.165) is 26.1 Å². The Morgan fingerprint density at radius 1 is 1.43 bits per heavy atom. The van der Waals surface area contributed by atoms with Crippen LogP contribution in [0.15, 0.2) is 16.8 Å². The van der Waals surface area contributed by atoms with Gasteiger partial charge in [0.2, 0.25) is 0 Å². The van der Waals surface area contributed by atoms with Crippen molar-refractivity contribution in [3.8, 4) is 0 Å². The van der Waals surface area contributed by atoms with Crippen molar-refractivity contribution in [2.45, 2.75) is 18.9 Å². The molecule has 14 heavy (non-hydrogen) atoms. The normalized spacial score (nSPS) is 20.1. The van der Waals surface area contributed by atoms with Crippen molar-refractivity contribution in [3.05, 3.63) is 22.4 Å². The third-order valence-electron chi connectivity index (χ3n) is 2.70. The van der Waals surface area contributed by atoms with Crippen LogP contribution < -0.4 is 5.73 Å². The Kier molecular flexibility index (Phi) is 4.89. The lowest BCUT2D eigenvalue weighted by Crippen LogP contribution is -2.27. The summed E-state index contributed by atoms with van der Waals surface area (Å²) in [6, 6.07) is 2.35. The van der Waals surface area contributed by atoms with Gasteiger partial charge in [0.25, 0.3) is 0 Å². The van der Waals surface area contributed by atoms with E-state index in [1.165, 1.54) is 5.56 Å². The lowest BCUT2D eigenvalue weighted by molar-refractivity contribution is 0.0584. The molecular formula is C10H16ClNOS. The minimum absolute atomic E-state index is 0. The van der Waals surface area contributed by atoms with Crippen LogP contribution in [0.5, 0.6) is 0 Å². The summed E-state index contributed by atoms with van der Waals surface area (Å²) in [5.41, 5.74) is 7.45. The molecule has 2 nitrogen and oxygen atoms in total. The molecule has 0 saturated carbocycles. The summed E-state index contributed by atoms with van der Waals surface area (Å²) in [7, 11) is 0. The molecule has 2 heterocycles. The standard InChI is InChI=1S/C10H15NOS.ClH/c11-10(9-3-6-13-7-9)8-1-4-12-5-2-8;/h3,6-8,10H,1-2,4-5,11H2;1H/t10-;/m1./s1. The van der Waals surface area contributed by atoms with Crippen molar-refractivity contribution >= 4 is 23.7 Å². The Morgan fingerprint density at radius 2 is 2.14 bits per heavy atom. The van der Waals surface area contributed by atoms with Gasteiger partial charge in [-0.15, -0.1) is 12.4 Å². The average molecular weight is 234 g/mol. The maximum absolute atomic E-state index is 6.17. The molecule has 0 bridgehead atoms. The molecule has 80 valence electrons. The monoisotopic (exact) mass is 233 g/mol. The lowest BCUT2D eigenvalue weighted by Gasteiger charge is -2.27. The highest BCUT2D eigenvalue weighted by molar-refractivity contribution is 7.07. The van der Waals surface area contributed by atoms with Crippen LogP contribution in [0, 0.1) is 5.92 Å². The maximum atomic E-state index is 6.17. The highest BCUT2D eigenvalue weighted by atomic mass is 35.5. The molecule has 0 aromatic carbocycles. The SMILES string of the molecule is Cl.N[C@@H](c1ccsc1)C1CCOCC1. The third-order valence-corrected chi connectivity index (χ3v) is 3.40. The molecule has 0 amide bonds. The van der Waals surface area contributed by atoms with E-state index in [2.05, 4.69) is 16.8 Å². The van der Waals surface area contributed by atoms with Gasteiger partial charge in [-0.2, -0.15) is 11.3 Å². The minimum atomic E-state index is 0. The molecule has 1 aliphatic rings. The first-order valence-corrected chi connectivity index (χ1v) is 5.67. The molecule has 0 spiro atoms. The molecule has 2 N–H and O–H groups in total. The highest BCUT2D eigenvalue weighted by Gasteiger charge is 2.22. The van der Waals surface area contributed by atoms with Gasteiger partial charge in [0.15, 0.2) is 0 Å². The van der Waals surface area contributed by atoms with Gasteiger partial charge in [0, 0.05) is 19.3 Å². The summed E-state index contributed by atoms with van der Waals surface area (Å²) >= 11 is 1.72. The van der Waals surface area contributed by atoms with Crippen LogP contribution in [0.4, 0.5) is 0 Å². The number of nitrogens with two attached hydrogens (primary N) is 1. The number of rotatable bonds is 2. The van der Waals surface area contributed by atoms with Crippen molar-refractivity contribution < 1.29 is 4.74 Å². The molecule has 1 fully saturated rings. The Hall–Kier alpha value is -0.0900. The molecule has 0 unspecified atom stereocenters. The summed E-state index contributed by atoms with van der Waals surface area (Å²) < 4.78 is 5.31. The van der Waals surface area contributed by atoms with Crippen molar-refractivity contribution in [1.82, 2.24) is 0 Å². The van der Waals surface area contributed by atoms with Gasteiger partial charge in [0.05, 0.1) is 0 Å². The van der Waals surface area contributed by atoms with Crippen molar-refractivity contribution in [2.75, 3.05) is 13.2 Å². The predicted octanol–water partition coefficient (Wildman–Crippen LogP) is 2.60. The Balaban J connectivity index is 0.000000980. The average Bonchev–Trinajstić information content (AvgIpc) is 2.71. The van der Waals surface area contributed by atoms with Crippen LogP contribution in [-0.4, -0.2) is 13.2 Å². The summed E-state index contributed by atoms with van der Waals surface area (Å²) in [4.78, 5) is 0. The predicted molar refractivity (Wildman–Crippen MR) is 62.0 cm³/mol. The molecule has 4 heteroatoms. The van der Waals surface area contributed by atoms with E-state index in [0.29, 0.717) is 5.92 Å². The molecule has 0 aliphatic carbocycles. The molecule has 1 aromatic rings. The van der Waals surface area contributed by atoms with Gasteiger partial charge in [-0.1, -0.05) is 0 Å². The van der Waals surface area contributed by atoms with Crippen LogP contribution in [0.1, 0.15) is 24.4 Å². The fraction of sp³-hybridized carbons (Fsp3) is 0.600. The van der Waals surface area contributed by atoms with E-state index >= 15 is 0 Å². The Bertz CT molecular complexity index is 247. The summed E-state index contributed by atoms with van der Waals surface area (Å²) in [5.74, 6) is 0.614. The number of hydrogen-bond donors (Lipinski definition) is 1. The smallest absolute Gasteiger partial charge is 0.0469 e. The van der Waals surface area contributed by atoms with Gasteiger partial charge in [-0.25, -0.2) is 0 Å². The number of hydrogen-bond acceptors (Lipinski definition) is 3. The summed E-state index contributed by atoms with van der Waals surface area (Å²) in [5, 5.41) is 4.24. The van der Waals surface area contributed by atoms with E-state index in [1.54, 1.807) is 11.3 Å². The van der Waals surface area contributed by atoms with E-state index in [-0.39, 0.29) is 18.4 Å². The molecule has 0 radical (unpaired) electrons. The number of halogens is 1. The largest absolute Gasteiger partial charge is 0.381 e. The van der Waals surface area contributed by atoms with Crippen LogP contribution in [0.25, 0.3) is 0 Å². The zero-order valence-corrected chi connectivity index (χ0v) is 9.65. The first-order chi connectivity index (χ1) is 6.38. The topological polar surface area (TPSA) is 35.2 Å². The molecular weight excluding hydrogens is 218 g/mol. The van der Waals surface area contributed by atoms with Crippen molar-refractivity contribution in [1.29, 1.82) is 0 Å². The maximum Gasteiger partial charge on any atom is 0.0469 e. The zero-order valence-electron chi connectivity index (χ0n) is 8.02. The molecule has 1 aromatic heterocycles. The minimum Gasteiger partial charge on any atom is -0.381 e. The zero-order chi connectivity index (χ0) is 9.10. The van der Waals surface area contributed by atoms with Gasteiger partial charge >= 0.3 is 0 Å². The van der Waals surface area contributed by atoms with Crippen LogP contribution in [-0.2, 0) is 4.74 Å². The first-order valence-electron chi connectivity index (χ1n) is 4.73. The first kappa shape index (κ1) is 12.0. The van der Waals surface area contributed by atoms with Crippen LogP contribution in [0.3, 0.4) is 0 Å². The lowest BCUT2D eigenvalue weighted by atomic mass is 9.89. The van der Waals surface area contributed by atoms with Crippen molar-refractivity contribution in [3.63, 3.8) is 0 Å². The van der Waals surface area contributed by atoms with Gasteiger partial charge in [-0.05, 0) is 41.1 Å². The molecule has 1 saturated heterocycles. The second-order valence-corrected chi connectivity index (χ2v) is 4.31. The van der Waals surface area contributed by atoms with Crippen LogP contribution in [0.2, 0.25) is 0 Å². The van der Waals surface area contributed by atoms with Crippen molar-refractivity contribution in [2.24, 2.45) is 11.7 Å². The summed E-state index contributed by atoms with van der Waals surface area (Å²) in [6.07, 6.45) is 2.22. The molecule has 1 atom stereocenters. The second-order valence-electron chi connectivity index (χ2n) is 3.53. The van der Waals surface area contributed by atoms with Gasteiger partial charge < -0.3 is 10.5 Å². The molecule has 1 aliphatic heterocycles. The van der Waals surface area contributed by atoms with Crippen LogP contribution >= 0.6 is 23.7 Å². The van der Waals surface area contributed by atoms with Gasteiger partial charge in [-0.3, -0.25) is 0 Å². The molecule has 2 rings (SSSR count). The fourth-order valence-corrected chi connectivity index (χ4v) is 2.52. The van der Waals surface area contributed by atoms with E-state index in [4.69, 9.17) is 10.5 Å². The summed E-state index contributed by atoms with van der Waals surface area (Å²) in [6.45, 7) is 1.75. The van der Waals surface area contributed by atoms with Gasteiger partial charge in [0.1, 0.15) is 0 Å². The number of ether oxygens (including phenoxy) is 1. The van der Waals surface area contributed by atoms with E-state index in [1.807, 2.05) is 0 Å². The van der Waals surface area contributed by atoms with E-state index < -0.39 is 0 Å². The third kappa shape index (κ3) is 2.70. The Labute approximate surface area is 94.9 Å².